The Balaban J connectivity index is 2.37. The van der Waals surface area contributed by atoms with E-state index in [0.29, 0.717) is 25.5 Å². The first-order valence-corrected chi connectivity index (χ1v) is 5.97. The van der Waals surface area contributed by atoms with Crippen LogP contribution >= 0.6 is 11.6 Å². The second kappa shape index (κ2) is 4.70. The Kier molecular flexibility index (Phi) is 3.41. The van der Waals surface area contributed by atoms with Gasteiger partial charge in [0.25, 0.3) is 0 Å². The van der Waals surface area contributed by atoms with Gasteiger partial charge in [0, 0.05) is 19.2 Å². The smallest absolute Gasteiger partial charge is 0.311 e. The Bertz CT molecular complexity index is 479. The highest BCUT2D eigenvalue weighted by Gasteiger charge is 2.31. The monoisotopic (exact) mass is 271 g/mol. The zero-order valence-electron chi connectivity index (χ0n) is 10.2. The van der Waals surface area contributed by atoms with Crippen LogP contribution in [0, 0.1) is 10.1 Å². The van der Waals surface area contributed by atoms with Crippen molar-refractivity contribution in [3.63, 3.8) is 0 Å². The lowest BCUT2D eigenvalue weighted by Gasteiger charge is -2.38. The standard InChI is InChI=1S/C11H14ClN3O3/c1-11(2)7-14(5-6-18-11)10-8(15(16)17)3-4-9(12)13-10/h3-4H,5-7H2,1-2H3. The van der Waals surface area contributed by atoms with Crippen molar-refractivity contribution in [1.29, 1.82) is 0 Å². The van der Waals surface area contributed by atoms with Gasteiger partial charge in [0.05, 0.1) is 17.1 Å². The van der Waals surface area contributed by atoms with Gasteiger partial charge in [-0.3, -0.25) is 10.1 Å². The molecule has 6 nitrogen and oxygen atoms in total. The second-order valence-electron chi connectivity index (χ2n) is 4.76. The van der Waals surface area contributed by atoms with Gasteiger partial charge in [-0.05, 0) is 19.9 Å². The van der Waals surface area contributed by atoms with E-state index in [2.05, 4.69) is 4.98 Å². The third-order valence-electron chi connectivity index (χ3n) is 2.74. The molecule has 2 heterocycles. The van der Waals surface area contributed by atoms with Crippen LogP contribution < -0.4 is 4.90 Å². The van der Waals surface area contributed by atoms with E-state index in [0.717, 1.165) is 0 Å². The molecule has 1 aromatic heterocycles. The van der Waals surface area contributed by atoms with Crippen LogP contribution in [0.3, 0.4) is 0 Å². The van der Waals surface area contributed by atoms with Gasteiger partial charge in [0.1, 0.15) is 5.15 Å². The Morgan fingerprint density at radius 3 is 2.89 bits per heavy atom. The number of rotatable bonds is 2. The Labute approximate surface area is 110 Å². The van der Waals surface area contributed by atoms with E-state index < -0.39 is 4.92 Å². The van der Waals surface area contributed by atoms with Crippen molar-refractivity contribution < 1.29 is 9.66 Å². The molecule has 1 aliphatic rings. The summed E-state index contributed by atoms with van der Waals surface area (Å²) in [6, 6.07) is 2.81. The summed E-state index contributed by atoms with van der Waals surface area (Å²) in [6.07, 6.45) is 0. The summed E-state index contributed by atoms with van der Waals surface area (Å²) in [7, 11) is 0. The largest absolute Gasteiger partial charge is 0.372 e. The summed E-state index contributed by atoms with van der Waals surface area (Å²) in [5.41, 5.74) is -0.382. The fourth-order valence-electron chi connectivity index (χ4n) is 1.99. The highest BCUT2D eigenvalue weighted by Crippen LogP contribution is 2.30. The number of morpholine rings is 1. The number of ether oxygens (including phenoxy) is 1. The van der Waals surface area contributed by atoms with E-state index in [-0.39, 0.29) is 16.4 Å². The summed E-state index contributed by atoms with van der Waals surface area (Å²) in [6.45, 7) is 5.50. The molecule has 1 aromatic rings. The van der Waals surface area contributed by atoms with Gasteiger partial charge >= 0.3 is 5.69 Å². The van der Waals surface area contributed by atoms with Crippen LogP contribution in [0.25, 0.3) is 0 Å². The Morgan fingerprint density at radius 2 is 2.28 bits per heavy atom. The molecule has 0 spiro atoms. The topological polar surface area (TPSA) is 68.5 Å². The number of nitrogens with zero attached hydrogens (tertiary/aromatic N) is 3. The van der Waals surface area contributed by atoms with Gasteiger partial charge < -0.3 is 9.64 Å². The van der Waals surface area contributed by atoms with E-state index in [1.807, 2.05) is 18.7 Å². The SMILES string of the molecule is CC1(C)CN(c2nc(Cl)ccc2[N+](=O)[O-])CCO1. The molecule has 0 saturated carbocycles. The molecule has 98 valence electrons. The van der Waals surface area contributed by atoms with E-state index in [1.165, 1.54) is 12.1 Å². The number of hydrogen-bond acceptors (Lipinski definition) is 5. The maximum Gasteiger partial charge on any atom is 0.311 e. The maximum absolute atomic E-state index is 11.0. The number of pyridine rings is 1. The molecule has 0 aliphatic carbocycles. The average Bonchev–Trinajstić information content (AvgIpc) is 2.27. The lowest BCUT2D eigenvalue weighted by atomic mass is 10.1. The van der Waals surface area contributed by atoms with E-state index in [1.54, 1.807) is 0 Å². The molecule has 0 bridgehead atoms. The van der Waals surface area contributed by atoms with Crippen LogP contribution in [0.1, 0.15) is 13.8 Å². The van der Waals surface area contributed by atoms with Crippen molar-refractivity contribution in [2.24, 2.45) is 0 Å². The number of halogens is 1. The molecule has 0 aromatic carbocycles. The number of anilines is 1. The average molecular weight is 272 g/mol. The molecule has 0 N–H and O–H groups in total. The maximum atomic E-state index is 11.0. The Morgan fingerprint density at radius 1 is 1.56 bits per heavy atom. The van der Waals surface area contributed by atoms with Crippen LogP contribution in [0.15, 0.2) is 12.1 Å². The minimum atomic E-state index is -0.443. The van der Waals surface area contributed by atoms with Gasteiger partial charge in [0.15, 0.2) is 0 Å². The first kappa shape index (κ1) is 13.0. The molecular formula is C11H14ClN3O3. The van der Waals surface area contributed by atoms with Crippen LogP contribution in [0.2, 0.25) is 5.15 Å². The first-order valence-electron chi connectivity index (χ1n) is 5.59. The Hall–Kier alpha value is -1.40. The molecule has 1 saturated heterocycles. The third kappa shape index (κ3) is 2.70. The fraction of sp³-hybridized carbons (Fsp3) is 0.545. The van der Waals surface area contributed by atoms with Gasteiger partial charge in [-0.1, -0.05) is 11.6 Å². The van der Waals surface area contributed by atoms with Crippen molar-refractivity contribution in [2.75, 3.05) is 24.6 Å². The molecule has 0 unspecified atom stereocenters. The summed E-state index contributed by atoms with van der Waals surface area (Å²) in [5, 5.41) is 11.3. The highest BCUT2D eigenvalue weighted by molar-refractivity contribution is 6.29. The summed E-state index contributed by atoms with van der Waals surface area (Å²) >= 11 is 5.82. The molecule has 7 heteroatoms. The normalized spacial score (nSPS) is 18.7. The predicted octanol–water partition coefficient (Wildman–Crippen LogP) is 2.26. The van der Waals surface area contributed by atoms with Crippen LogP contribution in [0.5, 0.6) is 0 Å². The minimum absolute atomic E-state index is 0.0305. The molecular weight excluding hydrogens is 258 g/mol. The highest BCUT2D eigenvalue weighted by atomic mass is 35.5. The minimum Gasteiger partial charge on any atom is -0.372 e. The second-order valence-corrected chi connectivity index (χ2v) is 5.15. The summed E-state index contributed by atoms with van der Waals surface area (Å²) in [5.74, 6) is 0.309. The van der Waals surface area contributed by atoms with Gasteiger partial charge in [-0.25, -0.2) is 4.98 Å². The van der Waals surface area contributed by atoms with Crippen LogP contribution in [-0.2, 0) is 4.74 Å². The molecule has 1 aliphatic heterocycles. The van der Waals surface area contributed by atoms with E-state index in [9.17, 15) is 10.1 Å². The molecule has 0 radical (unpaired) electrons. The van der Waals surface area contributed by atoms with Crippen molar-refractivity contribution in [3.05, 3.63) is 27.4 Å². The lowest BCUT2D eigenvalue weighted by molar-refractivity contribution is -0.384. The molecule has 0 atom stereocenters. The molecule has 0 amide bonds. The van der Waals surface area contributed by atoms with Crippen molar-refractivity contribution in [2.45, 2.75) is 19.4 Å². The van der Waals surface area contributed by atoms with Crippen LogP contribution in [0.4, 0.5) is 11.5 Å². The van der Waals surface area contributed by atoms with E-state index in [4.69, 9.17) is 16.3 Å². The zero-order valence-corrected chi connectivity index (χ0v) is 11.0. The van der Waals surface area contributed by atoms with Gasteiger partial charge in [-0.15, -0.1) is 0 Å². The van der Waals surface area contributed by atoms with Crippen molar-refractivity contribution in [1.82, 2.24) is 4.98 Å². The molecule has 18 heavy (non-hydrogen) atoms. The van der Waals surface area contributed by atoms with Crippen molar-refractivity contribution >= 4 is 23.1 Å². The van der Waals surface area contributed by atoms with Gasteiger partial charge in [0.2, 0.25) is 5.82 Å². The van der Waals surface area contributed by atoms with Crippen LogP contribution in [-0.4, -0.2) is 35.2 Å². The number of aromatic nitrogens is 1. The number of nitro groups is 1. The molecule has 1 fully saturated rings. The lowest BCUT2D eigenvalue weighted by Crippen LogP contribution is -2.48. The van der Waals surface area contributed by atoms with Crippen molar-refractivity contribution in [3.8, 4) is 0 Å². The zero-order chi connectivity index (χ0) is 13.3. The predicted molar refractivity (Wildman–Crippen MR) is 68.1 cm³/mol. The third-order valence-corrected chi connectivity index (χ3v) is 2.95. The molecule has 2 rings (SSSR count). The summed E-state index contributed by atoms with van der Waals surface area (Å²) < 4.78 is 5.58. The first-order chi connectivity index (χ1) is 8.39. The number of hydrogen-bond donors (Lipinski definition) is 0. The van der Waals surface area contributed by atoms with E-state index >= 15 is 0 Å². The quantitative estimate of drug-likeness (QED) is 0.469. The van der Waals surface area contributed by atoms with Gasteiger partial charge in [-0.2, -0.15) is 0 Å². The fourth-order valence-corrected chi connectivity index (χ4v) is 2.13. The summed E-state index contributed by atoms with van der Waals surface area (Å²) in [4.78, 5) is 16.5.